The number of nitrogens with two attached hydrogens (primary N) is 1. The van der Waals surface area contributed by atoms with Gasteiger partial charge < -0.3 is 25.4 Å². The van der Waals surface area contributed by atoms with E-state index >= 15 is 0 Å². The van der Waals surface area contributed by atoms with Crippen LogP contribution in [0.15, 0.2) is 24.3 Å². The number of carbonyl (C=O) groups is 1. The predicted molar refractivity (Wildman–Crippen MR) is 93.2 cm³/mol. The Bertz CT molecular complexity index is 748. The first kappa shape index (κ1) is 16.9. The molecule has 9 heteroatoms. The van der Waals surface area contributed by atoms with E-state index < -0.39 is 5.97 Å². The maximum atomic E-state index is 11.4. The quantitative estimate of drug-likeness (QED) is 0.592. The molecule has 2 heterocycles. The van der Waals surface area contributed by atoms with Crippen molar-refractivity contribution in [2.45, 2.75) is 0 Å². The zero-order valence-electron chi connectivity index (χ0n) is 13.9. The number of nitrogens with one attached hydrogen (secondary N) is 1. The fraction of sp³-hybridized carbons (Fsp3) is 0.375. The van der Waals surface area contributed by atoms with Crippen LogP contribution in [0, 0.1) is 0 Å². The van der Waals surface area contributed by atoms with Gasteiger partial charge in [-0.1, -0.05) is 12.1 Å². The zero-order chi connectivity index (χ0) is 17.6. The maximum absolute atomic E-state index is 11.4. The molecule has 1 aliphatic rings. The van der Waals surface area contributed by atoms with Gasteiger partial charge in [-0.3, -0.25) is 4.79 Å². The number of carbonyl (C=O) groups excluding carboxylic acids is 1. The van der Waals surface area contributed by atoms with Crippen LogP contribution >= 0.6 is 0 Å². The van der Waals surface area contributed by atoms with Crippen LogP contribution in [0.25, 0.3) is 11.4 Å². The molecule has 1 aliphatic heterocycles. The van der Waals surface area contributed by atoms with Gasteiger partial charge in [-0.15, -0.1) is 0 Å². The van der Waals surface area contributed by atoms with Crippen molar-refractivity contribution >= 4 is 23.6 Å². The number of rotatable bonds is 5. The van der Waals surface area contributed by atoms with Gasteiger partial charge in [-0.25, -0.2) is 0 Å². The van der Waals surface area contributed by atoms with Crippen LogP contribution in [0.3, 0.4) is 0 Å². The SMILES string of the molecule is COC(=O)CNc1nc(-c2cccc(N)c2)nc(N2CCOCC2)n1. The summed E-state index contributed by atoms with van der Waals surface area (Å²) in [5, 5.41) is 2.87. The first-order chi connectivity index (χ1) is 12.2. The first-order valence-corrected chi connectivity index (χ1v) is 7.91. The highest BCUT2D eigenvalue weighted by atomic mass is 16.5. The molecular weight excluding hydrogens is 324 g/mol. The van der Waals surface area contributed by atoms with E-state index in [0.717, 1.165) is 5.56 Å². The number of esters is 1. The Balaban J connectivity index is 1.93. The molecule has 0 spiro atoms. The highest BCUT2D eigenvalue weighted by Gasteiger charge is 2.17. The van der Waals surface area contributed by atoms with Crippen LogP contribution in [0.4, 0.5) is 17.6 Å². The van der Waals surface area contributed by atoms with Crippen molar-refractivity contribution in [2.75, 3.05) is 55.9 Å². The van der Waals surface area contributed by atoms with Gasteiger partial charge in [-0.2, -0.15) is 15.0 Å². The lowest BCUT2D eigenvalue weighted by Gasteiger charge is -2.27. The molecule has 3 rings (SSSR count). The first-order valence-electron chi connectivity index (χ1n) is 7.91. The van der Waals surface area contributed by atoms with Gasteiger partial charge in [-0.05, 0) is 12.1 Å². The third-order valence-electron chi connectivity index (χ3n) is 3.68. The Morgan fingerprint density at radius 2 is 2.12 bits per heavy atom. The van der Waals surface area contributed by atoms with Crippen LogP contribution in [-0.4, -0.2) is 60.9 Å². The second kappa shape index (κ2) is 7.75. The fourth-order valence-electron chi connectivity index (χ4n) is 2.38. The Hall–Kier alpha value is -2.94. The molecule has 1 fully saturated rings. The normalized spacial score (nSPS) is 14.2. The van der Waals surface area contributed by atoms with E-state index in [0.29, 0.717) is 49.7 Å². The standard InChI is InChI=1S/C16H20N6O3/c1-24-13(23)10-18-15-19-14(11-3-2-4-12(17)9-11)20-16(21-15)22-5-7-25-8-6-22/h2-4,9H,5-8,10,17H2,1H3,(H,18,19,20,21). The van der Waals surface area contributed by atoms with Crippen LogP contribution in [-0.2, 0) is 14.3 Å². The summed E-state index contributed by atoms with van der Waals surface area (Å²) in [5.74, 6) is 0.914. The highest BCUT2D eigenvalue weighted by Crippen LogP contribution is 2.22. The number of anilines is 3. The summed E-state index contributed by atoms with van der Waals surface area (Å²) in [4.78, 5) is 26.7. The number of ether oxygens (including phenoxy) is 2. The average molecular weight is 344 g/mol. The molecule has 1 aromatic carbocycles. The van der Waals surface area contributed by atoms with E-state index in [1.807, 2.05) is 17.0 Å². The summed E-state index contributed by atoms with van der Waals surface area (Å²) >= 11 is 0. The van der Waals surface area contributed by atoms with E-state index in [4.69, 9.17) is 10.5 Å². The molecule has 0 bridgehead atoms. The number of hydrogen-bond donors (Lipinski definition) is 2. The lowest BCUT2D eigenvalue weighted by molar-refractivity contribution is -0.138. The minimum Gasteiger partial charge on any atom is -0.468 e. The monoisotopic (exact) mass is 344 g/mol. The van der Waals surface area contributed by atoms with Gasteiger partial charge in [0.25, 0.3) is 0 Å². The van der Waals surface area contributed by atoms with Gasteiger partial charge in [0, 0.05) is 24.3 Å². The summed E-state index contributed by atoms with van der Waals surface area (Å²) in [6.07, 6.45) is 0. The molecule has 0 radical (unpaired) electrons. The van der Waals surface area contributed by atoms with Crippen molar-refractivity contribution in [2.24, 2.45) is 0 Å². The molecule has 0 amide bonds. The van der Waals surface area contributed by atoms with Crippen LogP contribution in [0.5, 0.6) is 0 Å². The number of hydrogen-bond acceptors (Lipinski definition) is 9. The topological polar surface area (TPSA) is 115 Å². The van der Waals surface area contributed by atoms with Crippen molar-refractivity contribution in [3.63, 3.8) is 0 Å². The molecule has 3 N–H and O–H groups in total. The van der Waals surface area contributed by atoms with Crippen LogP contribution in [0.2, 0.25) is 0 Å². The second-order valence-electron chi connectivity index (χ2n) is 5.44. The minimum absolute atomic E-state index is 0.0283. The molecule has 0 unspecified atom stereocenters. The van der Waals surface area contributed by atoms with E-state index in [-0.39, 0.29) is 6.54 Å². The molecule has 9 nitrogen and oxygen atoms in total. The van der Waals surface area contributed by atoms with Gasteiger partial charge in [0.05, 0.1) is 20.3 Å². The third-order valence-corrected chi connectivity index (χ3v) is 3.68. The van der Waals surface area contributed by atoms with E-state index in [2.05, 4.69) is 25.0 Å². The average Bonchev–Trinajstić information content (AvgIpc) is 2.66. The number of nitrogens with zero attached hydrogens (tertiary/aromatic N) is 4. The molecule has 0 aliphatic carbocycles. The molecule has 1 aromatic heterocycles. The van der Waals surface area contributed by atoms with Crippen molar-refractivity contribution < 1.29 is 14.3 Å². The predicted octanol–water partition coefficient (Wildman–Crippen LogP) is 0.542. The van der Waals surface area contributed by atoms with E-state index in [1.54, 1.807) is 12.1 Å². The summed E-state index contributed by atoms with van der Waals surface area (Å²) in [6.45, 7) is 2.58. The third kappa shape index (κ3) is 4.32. The minimum atomic E-state index is -0.404. The van der Waals surface area contributed by atoms with Gasteiger partial charge >= 0.3 is 5.97 Å². The largest absolute Gasteiger partial charge is 0.468 e. The molecule has 1 saturated heterocycles. The molecular formula is C16H20N6O3. The smallest absolute Gasteiger partial charge is 0.325 e. The second-order valence-corrected chi connectivity index (χ2v) is 5.44. The molecule has 132 valence electrons. The van der Waals surface area contributed by atoms with Crippen molar-refractivity contribution in [3.8, 4) is 11.4 Å². The zero-order valence-corrected chi connectivity index (χ0v) is 13.9. The maximum Gasteiger partial charge on any atom is 0.325 e. The summed E-state index contributed by atoms with van der Waals surface area (Å²) in [5.41, 5.74) is 7.25. The molecule has 2 aromatic rings. The summed E-state index contributed by atoms with van der Waals surface area (Å²) in [6, 6.07) is 7.30. The Morgan fingerprint density at radius 1 is 1.32 bits per heavy atom. The van der Waals surface area contributed by atoms with Gasteiger partial charge in [0.15, 0.2) is 5.82 Å². The molecule has 0 saturated carbocycles. The molecule has 0 atom stereocenters. The Kier molecular flexibility index (Phi) is 5.24. The summed E-state index contributed by atoms with van der Waals surface area (Å²) in [7, 11) is 1.33. The Morgan fingerprint density at radius 3 is 2.84 bits per heavy atom. The molecule has 25 heavy (non-hydrogen) atoms. The van der Waals surface area contributed by atoms with Gasteiger partial charge in [0.1, 0.15) is 6.54 Å². The fourth-order valence-corrected chi connectivity index (χ4v) is 2.38. The number of nitrogen functional groups attached to an aromatic ring is 1. The van der Waals surface area contributed by atoms with Crippen LogP contribution in [0.1, 0.15) is 0 Å². The van der Waals surface area contributed by atoms with Crippen molar-refractivity contribution in [1.82, 2.24) is 15.0 Å². The number of morpholine rings is 1. The van der Waals surface area contributed by atoms with Gasteiger partial charge in [0.2, 0.25) is 11.9 Å². The van der Waals surface area contributed by atoms with E-state index in [1.165, 1.54) is 7.11 Å². The number of benzene rings is 1. The number of aromatic nitrogens is 3. The van der Waals surface area contributed by atoms with Crippen LogP contribution < -0.4 is 16.0 Å². The van der Waals surface area contributed by atoms with Crippen molar-refractivity contribution in [3.05, 3.63) is 24.3 Å². The number of methoxy groups -OCH3 is 1. The Labute approximate surface area is 145 Å². The lowest BCUT2D eigenvalue weighted by atomic mass is 10.2. The summed E-state index contributed by atoms with van der Waals surface area (Å²) < 4.78 is 10.0. The van der Waals surface area contributed by atoms with E-state index in [9.17, 15) is 4.79 Å². The lowest BCUT2D eigenvalue weighted by Crippen LogP contribution is -2.37. The highest BCUT2D eigenvalue weighted by molar-refractivity contribution is 5.74. The van der Waals surface area contributed by atoms with Crippen molar-refractivity contribution in [1.29, 1.82) is 0 Å².